The van der Waals surface area contributed by atoms with Crippen molar-refractivity contribution in [3.8, 4) is 0 Å². The van der Waals surface area contributed by atoms with Crippen LogP contribution in [0.2, 0.25) is 0 Å². The molecular weight excluding hydrogens is 243 g/mol. The molecule has 6 heteroatoms. The molecule has 17 heavy (non-hydrogen) atoms. The lowest BCUT2D eigenvalue weighted by Gasteiger charge is -2.00. The van der Waals surface area contributed by atoms with Crippen LogP contribution in [0.1, 0.15) is 10.5 Å². The molecule has 0 bridgehead atoms. The van der Waals surface area contributed by atoms with Crippen molar-refractivity contribution >= 4 is 17.7 Å². The Hall–Kier alpha value is -1.95. The Kier molecular flexibility index (Phi) is 3.34. The highest BCUT2D eigenvalue weighted by molar-refractivity contribution is 7.99. The van der Waals surface area contributed by atoms with Gasteiger partial charge in [0.2, 0.25) is 0 Å². The van der Waals surface area contributed by atoms with Crippen molar-refractivity contribution in [1.82, 2.24) is 9.97 Å². The maximum Gasteiger partial charge on any atom is 0.356 e. The Bertz CT molecular complexity index is 528. The van der Waals surface area contributed by atoms with Crippen LogP contribution in [0.25, 0.3) is 0 Å². The summed E-state index contributed by atoms with van der Waals surface area (Å²) in [6.07, 6.45) is 2.56. The van der Waals surface area contributed by atoms with Crippen molar-refractivity contribution in [2.75, 3.05) is 0 Å². The third-order valence-corrected chi connectivity index (χ3v) is 2.81. The van der Waals surface area contributed by atoms with E-state index >= 15 is 0 Å². The zero-order valence-corrected chi connectivity index (χ0v) is 9.32. The van der Waals surface area contributed by atoms with Gasteiger partial charge in [0, 0.05) is 4.90 Å². The Morgan fingerprint density at radius 3 is 2.41 bits per heavy atom. The Morgan fingerprint density at radius 1 is 1.18 bits per heavy atom. The molecule has 1 N–H and O–H groups in total. The van der Waals surface area contributed by atoms with Gasteiger partial charge < -0.3 is 5.11 Å². The van der Waals surface area contributed by atoms with Crippen LogP contribution in [0.3, 0.4) is 0 Å². The fourth-order valence-corrected chi connectivity index (χ4v) is 1.83. The molecule has 2 aromatic rings. The van der Waals surface area contributed by atoms with Gasteiger partial charge in [0.05, 0.1) is 12.4 Å². The average molecular weight is 250 g/mol. The van der Waals surface area contributed by atoms with E-state index in [0.717, 1.165) is 4.90 Å². The van der Waals surface area contributed by atoms with E-state index in [-0.39, 0.29) is 11.5 Å². The van der Waals surface area contributed by atoms with Gasteiger partial charge in [0.25, 0.3) is 0 Å². The first-order valence-corrected chi connectivity index (χ1v) is 5.45. The molecule has 1 heterocycles. The summed E-state index contributed by atoms with van der Waals surface area (Å²) < 4.78 is 12.7. The van der Waals surface area contributed by atoms with Crippen molar-refractivity contribution in [2.45, 2.75) is 9.92 Å². The zero-order valence-electron chi connectivity index (χ0n) is 8.50. The minimum absolute atomic E-state index is 0.103. The number of aromatic carboxylic acids is 1. The van der Waals surface area contributed by atoms with E-state index in [1.807, 2.05) is 0 Å². The number of rotatable bonds is 3. The molecule has 2 rings (SSSR count). The first-order chi connectivity index (χ1) is 8.15. The Morgan fingerprint density at radius 2 is 1.88 bits per heavy atom. The largest absolute Gasteiger partial charge is 0.476 e. The highest BCUT2D eigenvalue weighted by Gasteiger charge is 2.05. The van der Waals surface area contributed by atoms with E-state index in [9.17, 15) is 9.18 Å². The summed E-state index contributed by atoms with van der Waals surface area (Å²) in [7, 11) is 0. The van der Waals surface area contributed by atoms with Crippen molar-refractivity contribution in [3.05, 3.63) is 48.2 Å². The molecule has 0 aliphatic carbocycles. The number of carbonyl (C=O) groups is 1. The molecule has 0 spiro atoms. The summed E-state index contributed by atoms with van der Waals surface area (Å²) in [6.45, 7) is 0. The molecule has 1 aromatic carbocycles. The van der Waals surface area contributed by atoms with Crippen molar-refractivity contribution in [2.24, 2.45) is 0 Å². The maximum absolute atomic E-state index is 12.7. The lowest BCUT2D eigenvalue weighted by Crippen LogP contribution is -2.00. The fourth-order valence-electron chi connectivity index (χ4n) is 1.10. The van der Waals surface area contributed by atoms with Crippen LogP contribution in [0.4, 0.5) is 4.39 Å². The van der Waals surface area contributed by atoms with E-state index in [2.05, 4.69) is 9.97 Å². The molecule has 1 aromatic heterocycles. The summed E-state index contributed by atoms with van der Waals surface area (Å²) in [4.78, 5) is 19.0. The number of hydrogen-bond donors (Lipinski definition) is 1. The minimum Gasteiger partial charge on any atom is -0.476 e. The molecule has 0 radical (unpaired) electrons. The maximum atomic E-state index is 12.7. The highest BCUT2D eigenvalue weighted by Crippen LogP contribution is 2.25. The standard InChI is InChI=1S/C11H7FN2O2S/c12-7-1-3-8(4-2-7)17-10-6-13-9(5-14-10)11(15)16/h1-6H,(H,15,16). The van der Waals surface area contributed by atoms with Gasteiger partial charge >= 0.3 is 5.97 Å². The summed E-state index contributed by atoms with van der Waals surface area (Å²) in [5.74, 6) is -1.42. The zero-order chi connectivity index (χ0) is 12.3. The molecule has 0 aliphatic heterocycles. The molecule has 0 fully saturated rings. The van der Waals surface area contributed by atoms with Crippen LogP contribution in [0.15, 0.2) is 46.6 Å². The fraction of sp³-hybridized carbons (Fsp3) is 0. The van der Waals surface area contributed by atoms with E-state index in [1.54, 1.807) is 12.1 Å². The number of carboxylic acids is 1. The van der Waals surface area contributed by atoms with Crippen LogP contribution in [0, 0.1) is 5.82 Å². The first kappa shape index (κ1) is 11.5. The summed E-state index contributed by atoms with van der Waals surface area (Å²) in [5.41, 5.74) is -0.103. The second kappa shape index (κ2) is 4.92. The normalized spacial score (nSPS) is 10.2. The third kappa shape index (κ3) is 3.01. The molecule has 86 valence electrons. The monoisotopic (exact) mass is 250 g/mol. The highest BCUT2D eigenvalue weighted by atomic mass is 32.2. The van der Waals surface area contributed by atoms with Crippen LogP contribution >= 0.6 is 11.8 Å². The van der Waals surface area contributed by atoms with Crippen LogP contribution < -0.4 is 0 Å². The van der Waals surface area contributed by atoms with Gasteiger partial charge in [-0.15, -0.1) is 0 Å². The van der Waals surface area contributed by atoms with Crippen LogP contribution in [-0.4, -0.2) is 21.0 Å². The van der Waals surface area contributed by atoms with Gasteiger partial charge in [-0.05, 0) is 24.3 Å². The molecule has 0 saturated heterocycles. The molecule has 0 amide bonds. The number of halogens is 1. The minimum atomic E-state index is -1.11. The summed E-state index contributed by atoms with van der Waals surface area (Å²) in [6, 6.07) is 5.93. The predicted molar refractivity (Wildman–Crippen MR) is 59.5 cm³/mol. The summed E-state index contributed by atoms with van der Waals surface area (Å²) in [5, 5.41) is 9.20. The number of aromatic nitrogens is 2. The van der Waals surface area contributed by atoms with Gasteiger partial charge in [-0.2, -0.15) is 0 Å². The average Bonchev–Trinajstić information content (AvgIpc) is 2.33. The molecule has 0 atom stereocenters. The molecule has 0 aliphatic rings. The number of hydrogen-bond acceptors (Lipinski definition) is 4. The molecular formula is C11H7FN2O2S. The van der Waals surface area contributed by atoms with Gasteiger partial charge in [0.1, 0.15) is 10.8 Å². The van der Waals surface area contributed by atoms with Gasteiger partial charge in [-0.1, -0.05) is 11.8 Å². The first-order valence-electron chi connectivity index (χ1n) is 4.64. The number of carboxylic acid groups (broad SMARTS) is 1. The predicted octanol–water partition coefficient (Wildman–Crippen LogP) is 2.47. The van der Waals surface area contributed by atoms with E-state index in [4.69, 9.17) is 5.11 Å². The van der Waals surface area contributed by atoms with E-state index in [0.29, 0.717) is 5.03 Å². The van der Waals surface area contributed by atoms with Crippen molar-refractivity contribution in [3.63, 3.8) is 0 Å². The van der Waals surface area contributed by atoms with Gasteiger partial charge in [-0.3, -0.25) is 0 Å². The quantitative estimate of drug-likeness (QED) is 0.906. The van der Waals surface area contributed by atoms with Gasteiger partial charge in [0.15, 0.2) is 5.69 Å². The number of benzene rings is 1. The van der Waals surface area contributed by atoms with Crippen molar-refractivity contribution in [1.29, 1.82) is 0 Å². The molecule has 4 nitrogen and oxygen atoms in total. The Labute approximate surface area is 101 Å². The lowest BCUT2D eigenvalue weighted by atomic mass is 10.4. The van der Waals surface area contributed by atoms with Crippen LogP contribution in [0.5, 0.6) is 0 Å². The van der Waals surface area contributed by atoms with Crippen LogP contribution in [-0.2, 0) is 0 Å². The van der Waals surface area contributed by atoms with Gasteiger partial charge in [-0.25, -0.2) is 19.2 Å². The second-order valence-electron chi connectivity index (χ2n) is 3.10. The Balaban J connectivity index is 2.13. The summed E-state index contributed by atoms with van der Waals surface area (Å²) >= 11 is 1.28. The van der Waals surface area contributed by atoms with E-state index < -0.39 is 5.97 Å². The third-order valence-electron chi connectivity index (χ3n) is 1.88. The SMILES string of the molecule is O=C(O)c1cnc(Sc2ccc(F)cc2)cn1. The number of nitrogens with zero attached hydrogens (tertiary/aromatic N) is 2. The van der Waals surface area contributed by atoms with Crippen molar-refractivity contribution < 1.29 is 14.3 Å². The topological polar surface area (TPSA) is 63.1 Å². The molecule has 0 unspecified atom stereocenters. The molecule has 0 saturated carbocycles. The lowest BCUT2D eigenvalue weighted by molar-refractivity contribution is 0.0689. The van der Waals surface area contributed by atoms with E-state index in [1.165, 1.54) is 36.3 Å². The second-order valence-corrected chi connectivity index (χ2v) is 4.19. The smallest absolute Gasteiger partial charge is 0.356 e.